The lowest BCUT2D eigenvalue weighted by Crippen LogP contribution is -2.33. The first-order valence-electron chi connectivity index (χ1n) is 5.96. The predicted molar refractivity (Wildman–Crippen MR) is 71.4 cm³/mol. The average Bonchev–Trinajstić information content (AvgIpc) is 2.28. The summed E-state index contributed by atoms with van der Waals surface area (Å²) in [6.07, 6.45) is 2.94. The Hall–Kier alpha value is -1.36. The average molecular weight is 269 g/mol. The summed E-state index contributed by atoms with van der Waals surface area (Å²) in [5, 5.41) is 2.81. The first-order chi connectivity index (χ1) is 8.36. The van der Waals surface area contributed by atoms with Crippen LogP contribution in [0.3, 0.4) is 0 Å². The van der Waals surface area contributed by atoms with E-state index < -0.39 is 9.84 Å². The lowest BCUT2D eigenvalue weighted by molar-refractivity contribution is 0.0935. The van der Waals surface area contributed by atoms with Gasteiger partial charge in [0.1, 0.15) is 0 Å². The molecule has 0 spiro atoms. The summed E-state index contributed by atoms with van der Waals surface area (Å²) in [6.45, 7) is 3.94. The number of nitrogens with one attached hydrogen (secondary N) is 1. The molecule has 0 aliphatic rings. The van der Waals surface area contributed by atoms with Crippen molar-refractivity contribution in [2.24, 2.45) is 0 Å². The highest BCUT2D eigenvalue weighted by atomic mass is 32.2. The Morgan fingerprint density at radius 1 is 1.33 bits per heavy atom. The smallest absolute Gasteiger partial charge is 0.252 e. The van der Waals surface area contributed by atoms with Gasteiger partial charge in [-0.15, -0.1) is 0 Å². The van der Waals surface area contributed by atoms with E-state index in [1.165, 1.54) is 12.1 Å². The van der Waals surface area contributed by atoms with E-state index in [2.05, 4.69) is 5.32 Å². The third kappa shape index (κ3) is 3.84. The number of carbonyl (C=O) groups is 1. The second-order valence-electron chi connectivity index (χ2n) is 4.43. The maximum absolute atomic E-state index is 12.0. The normalized spacial score (nSPS) is 13.1. The Kier molecular flexibility index (Phi) is 4.90. The molecule has 1 atom stereocenters. The van der Waals surface area contributed by atoms with E-state index in [-0.39, 0.29) is 22.4 Å². The van der Waals surface area contributed by atoms with Crippen molar-refractivity contribution in [3.8, 4) is 0 Å². The molecule has 0 aliphatic carbocycles. The quantitative estimate of drug-likeness (QED) is 0.889. The molecule has 1 aromatic rings. The Bertz CT molecular complexity index is 523. The third-order valence-corrected chi connectivity index (χ3v) is 3.79. The Morgan fingerprint density at radius 2 is 1.94 bits per heavy atom. The zero-order valence-electron chi connectivity index (χ0n) is 10.9. The highest BCUT2D eigenvalue weighted by molar-refractivity contribution is 7.90. The van der Waals surface area contributed by atoms with Crippen LogP contribution in [0, 0.1) is 0 Å². The van der Waals surface area contributed by atoms with Crippen LogP contribution >= 0.6 is 0 Å². The fraction of sp³-hybridized carbons (Fsp3) is 0.462. The fourth-order valence-electron chi connectivity index (χ4n) is 1.78. The number of benzene rings is 1. The first-order valence-corrected chi connectivity index (χ1v) is 7.85. The van der Waals surface area contributed by atoms with E-state index in [0.29, 0.717) is 0 Å². The van der Waals surface area contributed by atoms with Crippen LogP contribution in [-0.4, -0.2) is 26.6 Å². The lowest BCUT2D eigenvalue weighted by Gasteiger charge is -2.14. The van der Waals surface area contributed by atoms with Crippen molar-refractivity contribution in [2.75, 3.05) is 6.26 Å². The van der Waals surface area contributed by atoms with Crippen molar-refractivity contribution in [1.82, 2.24) is 5.32 Å². The molecule has 1 rings (SSSR count). The minimum atomic E-state index is -3.39. The van der Waals surface area contributed by atoms with Crippen LogP contribution in [0.25, 0.3) is 0 Å². The van der Waals surface area contributed by atoms with Crippen molar-refractivity contribution in [3.63, 3.8) is 0 Å². The summed E-state index contributed by atoms with van der Waals surface area (Å²) < 4.78 is 23.2. The van der Waals surface area contributed by atoms with Gasteiger partial charge in [-0.05, 0) is 25.5 Å². The van der Waals surface area contributed by atoms with Gasteiger partial charge < -0.3 is 5.32 Å². The topological polar surface area (TPSA) is 63.2 Å². The van der Waals surface area contributed by atoms with Gasteiger partial charge in [-0.2, -0.15) is 0 Å². The van der Waals surface area contributed by atoms with Crippen molar-refractivity contribution < 1.29 is 13.2 Å². The van der Waals surface area contributed by atoms with Crippen molar-refractivity contribution in [1.29, 1.82) is 0 Å². The molecule has 0 radical (unpaired) electrons. The van der Waals surface area contributed by atoms with Crippen LogP contribution in [0.5, 0.6) is 0 Å². The third-order valence-electron chi connectivity index (χ3n) is 2.63. The summed E-state index contributed by atoms with van der Waals surface area (Å²) in [6, 6.07) is 6.30. The maximum Gasteiger partial charge on any atom is 0.252 e. The van der Waals surface area contributed by atoms with Gasteiger partial charge in [-0.1, -0.05) is 25.5 Å². The molecule has 0 aromatic heterocycles. The van der Waals surface area contributed by atoms with E-state index in [4.69, 9.17) is 0 Å². The Labute approximate surface area is 108 Å². The molecule has 0 aliphatic heterocycles. The van der Waals surface area contributed by atoms with Gasteiger partial charge in [0.2, 0.25) is 0 Å². The molecule has 0 bridgehead atoms. The molecule has 0 saturated carbocycles. The second kappa shape index (κ2) is 6.00. The first kappa shape index (κ1) is 14.7. The van der Waals surface area contributed by atoms with Gasteiger partial charge in [-0.25, -0.2) is 8.42 Å². The van der Waals surface area contributed by atoms with Gasteiger partial charge in [0, 0.05) is 12.3 Å². The summed E-state index contributed by atoms with van der Waals surface area (Å²) in [7, 11) is -3.39. The molecule has 0 heterocycles. The highest BCUT2D eigenvalue weighted by Gasteiger charge is 2.18. The van der Waals surface area contributed by atoms with Gasteiger partial charge in [-0.3, -0.25) is 4.79 Å². The van der Waals surface area contributed by atoms with Gasteiger partial charge in [0.15, 0.2) is 9.84 Å². The van der Waals surface area contributed by atoms with Crippen LogP contribution in [0.15, 0.2) is 29.2 Å². The van der Waals surface area contributed by atoms with E-state index in [1.54, 1.807) is 12.1 Å². The van der Waals surface area contributed by atoms with Crippen molar-refractivity contribution in [2.45, 2.75) is 37.6 Å². The zero-order chi connectivity index (χ0) is 13.8. The fourth-order valence-corrected chi connectivity index (χ4v) is 2.67. The summed E-state index contributed by atoms with van der Waals surface area (Å²) >= 11 is 0. The molecule has 4 nitrogen and oxygen atoms in total. The molecule has 1 unspecified atom stereocenters. The molecule has 5 heteroatoms. The Morgan fingerprint density at radius 3 is 2.50 bits per heavy atom. The molecule has 1 amide bonds. The number of amides is 1. The molecule has 1 N–H and O–H groups in total. The number of hydrogen-bond donors (Lipinski definition) is 1. The second-order valence-corrected chi connectivity index (χ2v) is 6.42. The number of carbonyl (C=O) groups excluding carboxylic acids is 1. The number of hydrogen-bond acceptors (Lipinski definition) is 3. The molecule has 1 aromatic carbocycles. The molecular weight excluding hydrogens is 250 g/mol. The molecule has 100 valence electrons. The maximum atomic E-state index is 12.0. The van der Waals surface area contributed by atoms with E-state index >= 15 is 0 Å². The monoisotopic (exact) mass is 269 g/mol. The largest absolute Gasteiger partial charge is 0.350 e. The Balaban J connectivity index is 3.00. The minimum absolute atomic E-state index is 0.0371. The zero-order valence-corrected chi connectivity index (χ0v) is 11.8. The van der Waals surface area contributed by atoms with E-state index in [9.17, 15) is 13.2 Å². The summed E-state index contributed by atoms with van der Waals surface area (Å²) in [5.74, 6) is -0.336. The summed E-state index contributed by atoms with van der Waals surface area (Å²) in [5.41, 5.74) is 0.211. The van der Waals surface area contributed by atoms with E-state index in [1.807, 2.05) is 13.8 Å². The van der Waals surface area contributed by atoms with Crippen LogP contribution in [0.1, 0.15) is 37.0 Å². The standard InChI is InChI=1S/C13H19NO3S/c1-4-7-10(2)14-13(15)11-8-5-6-9-12(11)18(3,16)17/h5-6,8-10H,4,7H2,1-3H3,(H,14,15). The van der Waals surface area contributed by atoms with Crippen LogP contribution in [0.4, 0.5) is 0 Å². The molecular formula is C13H19NO3S. The van der Waals surface area contributed by atoms with Gasteiger partial charge in [0.05, 0.1) is 10.5 Å². The molecule has 0 fully saturated rings. The summed E-state index contributed by atoms with van der Waals surface area (Å²) in [4.78, 5) is 12.1. The van der Waals surface area contributed by atoms with Gasteiger partial charge >= 0.3 is 0 Å². The van der Waals surface area contributed by atoms with Crippen LogP contribution in [-0.2, 0) is 9.84 Å². The van der Waals surface area contributed by atoms with Crippen molar-refractivity contribution in [3.05, 3.63) is 29.8 Å². The number of rotatable bonds is 5. The predicted octanol–water partition coefficient (Wildman–Crippen LogP) is 2.01. The number of sulfone groups is 1. The van der Waals surface area contributed by atoms with Crippen molar-refractivity contribution >= 4 is 15.7 Å². The molecule has 18 heavy (non-hydrogen) atoms. The lowest BCUT2D eigenvalue weighted by atomic mass is 10.1. The van der Waals surface area contributed by atoms with Gasteiger partial charge in [0.25, 0.3) is 5.91 Å². The van der Waals surface area contributed by atoms with Crippen LogP contribution < -0.4 is 5.32 Å². The molecule has 0 saturated heterocycles. The SMILES string of the molecule is CCCC(C)NC(=O)c1ccccc1S(C)(=O)=O. The van der Waals surface area contributed by atoms with E-state index in [0.717, 1.165) is 19.1 Å². The van der Waals surface area contributed by atoms with Crippen LogP contribution in [0.2, 0.25) is 0 Å². The minimum Gasteiger partial charge on any atom is -0.350 e. The highest BCUT2D eigenvalue weighted by Crippen LogP contribution is 2.15.